The number of amides is 1. The van der Waals surface area contributed by atoms with Gasteiger partial charge in [0, 0.05) is 13.1 Å². The number of phenolic OH excluding ortho intramolecular Hbond substituents is 1. The molecule has 2 aromatic rings. The summed E-state index contributed by atoms with van der Waals surface area (Å²) in [5, 5.41) is 13.9. The number of carbonyl (C=O) groups excluding carboxylic acids is 1. The van der Waals surface area contributed by atoms with Crippen molar-refractivity contribution in [2.24, 2.45) is 5.73 Å². The molecule has 0 aliphatic carbocycles. The van der Waals surface area contributed by atoms with Crippen LogP contribution in [0.5, 0.6) is 5.75 Å². The summed E-state index contributed by atoms with van der Waals surface area (Å²) < 4.78 is 0. The molecule has 88 valence electrons. The van der Waals surface area contributed by atoms with Gasteiger partial charge in [-0.25, -0.2) is 0 Å². The van der Waals surface area contributed by atoms with E-state index in [1.807, 2.05) is 24.3 Å². The minimum absolute atomic E-state index is 0.0848. The average molecular weight is 230 g/mol. The van der Waals surface area contributed by atoms with E-state index in [4.69, 9.17) is 5.73 Å². The van der Waals surface area contributed by atoms with Crippen LogP contribution >= 0.6 is 0 Å². The zero-order valence-corrected chi connectivity index (χ0v) is 9.31. The highest BCUT2D eigenvalue weighted by atomic mass is 16.3. The number of carbonyl (C=O) groups is 1. The normalized spacial score (nSPS) is 10.4. The lowest BCUT2D eigenvalue weighted by atomic mass is 10.0. The van der Waals surface area contributed by atoms with Crippen LogP contribution in [0, 0.1) is 0 Å². The summed E-state index contributed by atoms with van der Waals surface area (Å²) >= 11 is 0. The third kappa shape index (κ3) is 2.37. The molecule has 0 saturated heterocycles. The highest BCUT2D eigenvalue weighted by Gasteiger charge is 2.10. The van der Waals surface area contributed by atoms with Crippen molar-refractivity contribution in [3.05, 3.63) is 42.0 Å². The van der Waals surface area contributed by atoms with E-state index < -0.39 is 0 Å². The Morgan fingerprint density at radius 3 is 2.82 bits per heavy atom. The summed E-state index contributed by atoms with van der Waals surface area (Å²) in [6.45, 7) is 0.811. The van der Waals surface area contributed by atoms with Gasteiger partial charge in [0.2, 0.25) is 0 Å². The standard InChI is InChI=1S/C13H14N2O2/c14-5-6-15-13(17)12-8-10(16)7-9-3-1-2-4-11(9)12/h1-4,7-8,16H,5-6,14H2,(H,15,17). The van der Waals surface area contributed by atoms with Crippen LogP contribution in [0.3, 0.4) is 0 Å². The molecule has 0 aliphatic heterocycles. The quantitative estimate of drug-likeness (QED) is 0.742. The van der Waals surface area contributed by atoms with E-state index in [0.717, 1.165) is 10.8 Å². The fraction of sp³-hybridized carbons (Fsp3) is 0.154. The minimum Gasteiger partial charge on any atom is -0.508 e. The Hall–Kier alpha value is -2.07. The van der Waals surface area contributed by atoms with Crippen LogP contribution in [0.15, 0.2) is 36.4 Å². The van der Waals surface area contributed by atoms with Gasteiger partial charge in [0.1, 0.15) is 5.75 Å². The molecule has 4 heteroatoms. The lowest BCUT2D eigenvalue weighted by Crippen LogP contribution is -2.29. The van der Waals surface area contributed by atoms with Gasteiger partial charge in [0.05, 0.1) is 5.56 Å². The summed E-state index contributed by atoms with van der Waals surface area (Å²) in [4.78, 5) is 11.9. The van der Waals surface area contributed by atoms with E-state index in [0.29, 0.717) is 18.7 Å². The number of hydrogen-bond donors (Lipinski definition) is 3. The number of fused-ring (bicyclic) bond motifs is 1. The number of hydrogen-bond acceptors (Lipinski definition) is 3. The smallest absolute Gasteiger partial charge is 0.252 e. The van der Waals surface area contributed by atoms with Crippen LogP contribution in [0.25, 0.3) is 10.8 Å². The summed E-state index contributed by atoms with van der Waals surface area (Å²) in [7, 11) is 0. The van der Waals surface area contributed by atoms with Crippen LogP contribution in [0.4, 0.5) is 0 Å². The van der Waals surface area contributed by atoms with Crippen molar-refractivity contribution in [1.29, 1.82) is 0 Å². The number of aromatic hydroxyl groups is 1. The molecule has 4 nitrogen and oxygen atoms in total. The first-order valence-corrected chi connectivity index (χ1v) is 5.42. The fourth-order valence-corrected chi connectivity index (χ4v) is 1.76. The molecule has 0 unspecified atom stereocenters. The summed E-state index contributed by atoms with van der Waals surface area (Å²) in [6, 6.07) is 10.5. The first kappa shape index (κ1) is 11.4. The van der Waals surface area contributed by atoms with Gasteiger partial charge in [-0.15, -0.1) is 0 Å². The Morgan fingerprint density at radius 2 is 2.06 bits per heavy atom. The maximum atomic E-state index is 11.9. The average Bonchev–Trinajstić information content (AvgIpc) is 2.34. The molecule has 0 saturated carbocycles. The molecule has 0 radical (unpaired) electrons. The van der Waals surface area contributed by atoms with Crippen molar-refractivity contribution in [2.75, 3.05) is 13.1 Å². The maximum absolute atomic E-state index is 11.9. The lowest BCUT2D eigenvalue weighted by Gasteiger charge is -2.08. The van der Waals surface area contributed by atoms with E-state index in [1.54, 1.807) is 6.07 Å². The van der Waals surface area contributed by atoms with Crippen LogP contribution in [0.2, 0.25) is 0 Å². The van der Waals surface area contributed by atoms with E-state index in [1.165, 1.54) is 6.07 Å². The monoisotopic (exact) mass is 230 g/mol. The Kier molecular flexibility index (Phi) is 3.25. The Morgan fingerprint density at radius 1 is 1.29 bits per heavy atom. The molecule has 0 aliphatic rings. The molecule has 0 fully saturated rings. The minimum atomic E-state index is -0.220. The van der Waals surface area contributed by atoms with Crippen LogP contribution in [0.1, 0.15) is 10.4 Å². The number of phenols is 1. The highest BCUT2D eigenvalue weighted by Crippen LogP contribution is 2.24. The summed E-state index contributed by atoms with van der Waals surface area (Å²) in [5.74, 6) is -0.135. The first-order chi connectivity index (χ1) is 8.22. The Balaban J connectivity index is 2.48. The summed E-state index contributed by atoms with van der Waals surface area (Å²) in [6.07, 6.45) is 0. The van der Waals surface area contributed by atoms with E-state index >= 15 is 0 Å². The number of nitrogens with one attached hydrogen (secondary N) is 1. The predicted octanol–water partition coefficient (Wildman–Crippen LogP) is 1.23. The molecule has 0 bridgehead atoms. The van der Waals surface area contributed by atoms with Crippen molar-refractivity contribution in [3.63, 3.8) is 0 Å². The van der Waals surface area contributed by atoms with Gasteiger partial charge in [-0.05, 0) is 22.9 Å². The SMILES string of the molecule is NCCNC(=O)c1cc(O)cc2ccccc12. The zero-order valence-electron chi connectivity index (χ0n) is 9.31. The second-order valence-corrected chi connectivity index (χ2v) is 3.76. The highest BCUT2D eigenvalue weighted by molar-refractivity contribution is 6.07. The molecule has 0 spiro atoms. The van der Waals surface area contributed by atoms with Gasteiger partial charge in [0.15, 0.2) is 0 Å². The third-order valence-electron chi connectivity index (χ3n) is 2.52. The van der Waals surface area contributed by atoms with Gasteiger partial charge in [-0.1, -0.05) is 24.3 Å². The van der Waals surface area contributed by atoms with Gasteiger partial charge in [0.25, 0.3) is 5.91 Å². The van der Waals surface area contributed by atoms with Gasteiger partial charge in [-0.2, -0.15) is 0 Å². The molecule has 2 aromatic carbocycles. The molecular weight excluding hydrogens is 216 g/mol. The molecule has 0 heterocycles. The molecule has 2 rings (SSSR count). The fourth-order valence-electron chi connectivity index (χ4n) is 1.76. The topological polar surface area (TPSA) is 75.3 Å². The number of benzene rings is 2. The van der Waals surface area contributed by atoms with Crippen molar-refractivity contribution in [3.8, 4) is 5.75 Å². The molecule has 17 heavy (non-hydrogen) atoms. The van der Waals surface area contributed by atoms with E-state index in [9.17, 15) is 9.90 Å². The lowest BCUT2D eigenvalue weighted by molar-refractivity contribution is 0.0956. The van der Waals surface area contributed by atoms with E-state index in [2.05, 4.69) is 5.32 Å². The largest absolute Gasteiger partial charge is 0.508 e. The molecule has 0 aromatic heterocycles. The van der Waals surface area contributed by atoms with Gasteiger partial charge < -0.3 is 16.2 Å². The molecular formula is C13H14N2O2. The second-order valence-electron chi connectivity index (χ2n) is 3.76. The second kappa shape index (κ2) is 4.84. The van der Waals surface area contributed by atoms with Gasteiger partial charge >= 0.3 is 0 Å². The first-order valence-electron chi connectivity index (χ1n) is 5.42. The van der Waals surface area contributed by atoms with E-state index in [-0.39, 0.29) is 11.7 Å². The van der Waals surface area contributed by atoms with Crippen LogP contribution < -0.4 is 11.1 Å². The predicted molar refractivity (Wildman–Crippen MR) is 67.0 cm³/mol. The third-order valence-corrected chi connectivity index (χ3v) is 2.52. The van der Waals surface area contributed by atoms with Crippen LogP contribution in [-0.4, -0.2) is 24.1 Å². The van der Waals surface area contributed by atoms with Gasteiger partial charge in [-0.3, -0.25) is 4.79 Å². The molecule has 4 N–H and O–H groups in total. The zero-order chi connectivity index (χ0) is 12.3. The Bertz CT molecular complexity index is 552. The number of rotatable bonds is 3. The molecule has 1 amide bonds. The van der Waals surface area contributed by atoms with Crippen molar-refractivity contribution in [2.45, 2.75) is 0 Å². The van der Waals surface area contributed by atoms with Crippen LogP contribution in [-0.2, 0) is 0 Å². The maximum Gasteiger partial charge on any atom is 0.252 e. The summed E-state index contributed by atoms with van der Waals surface area (Å²) in [5.41, 5.74) is 5.80. The molecule has 0 atom stereocenters. The number of nitrogens with two attached hydrogens (primary N) is 1. The van der Waals surface area contributed by atoms with Crippen molar-refractivity contribution in [1.82, 2.24) is 5.32 Å². The Labute approximate surface area is 99.1 Å². The van der Waals surface area contributed by atoms with Crippen molar-refractivity contribution >= 4 is 16.7 Å². The van der Waals surface area contributed by atoms with Crippen molar-refractivity contribution < 1.29 is 9.90 Å².